The molecule has 1 fully saturated rings. The molecule has 1 amide bonds. The number of nitrogens with one attached hydrogen (secondary N) is 2. The van der Waals surface area contributed by atoms with Gasteiger partial charge in [0.15, 0.2) is 0 Å². The summed E-state index contributed by atoms with van der Waals surface area (Å²) in [6.07, 6.45) is 2.53. The Morgan fingerprint density at radius 2 is 1.95 bits per heavy atom. The number of para-hydroxylation sites is 1. The van der Waals surface area contributed by atoms with E-state index in [4.69, 9.17) is 0 Å². The minimum atomic E-state index is 0.0775. The first-order valence-electron chi connectivity index (χ1n) is 7.07. The molecule has 1 aromatic rings. The maximum atomic E-state index is 11.7. The van der Waals surface area contributed by atoms with Crippen LogP contribution in [0.2, 0.25) is 0 Å². The zero-order chi connectivity index (χ0) is 13.9. The van der Waals surface area contributed by atoms with Gasteiger partial charge in [-0.3, -0.25) is 4.79 Å². The third kappa shape index (κ3) is 4.27. The first kappa shape index (κ1) is 13.9. The predicted molar refractivity (Wildman–Crippen MR) is 79.4 cm³/mol. The highest BCUT2D eigenvalue weighted by molar-refractivity contribution is 5.81. The van der Waals surface area contributed by atoms with Gasteiger partial charge in [0.25, 0.3) is 0 Å². The number of carbonyl (C=O) groups is 1. The van der Waals surface area contributed by atoms with Crippen molar-refractivity contribution in [3.63, 3.8) is 0 Å². The molecular weight excluding hydrogens is 236 g/mol. The Bertz CT molecular complexity index is 444. The van der Waals surface area contributed by atoms with Crippen LogP contribution in [0, 0.1) is 5.92 Å². The van der Waals surface area contributed by atoms with Crippen LogP contribution >= 0.6 is 0 Å². The van der Waals surface area contributed by atoms with E-state index in [-0.39, 0.29) is 11.3 Å². The molecule has 0 aromatic heterocycles. The fourth-order valence-corrected chi connectivity index (χ4v) is 2.11. The summed E-state index contributed by atoms with van der Waals surface area (Å²) < 4.78 is 0. The van der Waals surface area contributed by atoms with Gasteiger partial charge in [0.1, 0.15) is 0 Å². The predicted octanol–water partition coefficient (Wildman–Crippen LogP) is 2.92. The molecule has 0 unspecified atom stereocenters. The highest BCUT2D eigenvalue weighted by Crippen LogP contribution is 2.29. The van der Waals surface area contributed by atoms with Crippen molar-refractivity contribution in [3.05, 3.63) is 29.8 Å². The van der Waals surface area contributed by atoms with Crippen molar-refractivity contribution >= 4 is 11.6 Å². The van der Waals surface area contributed by atoms with E-state index in [9.17, 15) is 4.79 Å². The molecule has 3 heteroatoms. The zero-order valence-corrected chi connectivity index (χ0v) is 12.1. The van der Waals surface area contributed by atoms with Crippen LogP contribution in [-0.2, 0) is 10.2 Å². The summed E-state index contributed by atoms with van der Waals surface area (Å²) >= 11 is 0. The average Bonchev–Trinajstić information content (AvgIpc) is 3.17. The van der Waals surface area contributed by atoms with Crippen molar-refractivity contribution in [2.45, 2.75) is 39.0 Å². The van der Waals surface area contributed by atoms with Gasteiger partial charge in [-0.05, 0) is 35.8 Å². The van der Waals surface area contributed by atoms with E-state index in [1.54, 1.807) is 0 Å². The monoisotopic (exact) mass is 260 g/mol. The van der Waals surface area contributed by atoms with Gasteiger partial charge in [-0.25, -0.2) is 0 Å². The van der Waals surface area contributed by atoms with Crippen molar-refractivity contribution in [1.82, 2.24) is 5.32 Å². The van der Waals surface area contributed by atoms with E-state index in [0.717, 1.165) is 18.2 Å². The number of amides is 1. The van der Waals surface area contributed by atoms with Crippen LogP contribution in [0.4, 0.5) is 5.69 Å². The summed E-state index contributed by atoms with van der Waals surface area (Å²) in [5.74, 6) is 0.807. The molecule has 2 rings (SSSR count). The maximum absolute atomic E-state index is 11.7. The highest BCUT2D eigenvalue weighted by atomic mass is 16.1. The Labute approximate surface area is 115 Å². The van der Waals surface area contributed by atoms with Gasteiger partial charge < -0.3 is 10.6 Å². The first-order chi connectivity index (χ1) is 8.97. The molecule has 3 nitrogen and oxygen atoms in total. The fourth-order valence-electron chi connectivity index (χ4n) is 2.11. The Morgan fingerprint density at radius 1 is 1.26 bits per heavy atom. The highest BCUT2D eigenvalue weighted by Gasteiger charge is 2.21. The molecule has 0 radical (unpaired) electrons. The second kappa shape index (κ2) is 5.64. The van der Waals surface area contributed by atoms with Gasteiger partial charge >= 0.3 is 0 Å². The second-order valence-electron chi connectivity index (χ2n) is 6.40. The lowest BCUT2D eigenvalue weighted by Crippen LogP contribution is -2.31. The van der Waals surface area contributed by atoms with Crippen LogP contribution in [0.5, 0.6) is 0 Å². The molecule has 1 aliphatic carbocycles. The Morgan fingerprint density at radius 3 is 2.58 bits per heavy atom. The second-order valence-corrected chi connectivity index (χ2v) is 6.40. The van der Waals surface area contributed by atoms with E-state index < -0.39 is 0 Å². The summed E-state index contributed by atoms with van der Waals surface area (Å²) in [5, 5.41) is 6.22. The van der Waals surface area contributed by atoms with E-state index in [2.05, 4.69) is 37.5 Å². The Hall–Kier alpha value is -1.51. The van der Waals surface area contributed by atoms with Gasteiger partial charge in [-0.1, -0.05) is 39.0 Å². The zero-order valence-electron chi connectivity index (χ0n) is 12.1. The molecule has 19 heavy (non-hydrogen) atoms. The topological polar surface area (TPSA) is 41.1 Å². The number of benzene rings is 1. The molecule has 0 spiro atoms. The van der Waals surface area contributed by atoms with E-state index in [1.807, 2.05) is 18.2 Å². The summed E-state index contributed by atoms with van der Waals surface area (Å²) in [7, 11) is 0. The molecule has 104 valence electrons. The minimum Gasteiger partial charge on any atom is -0.376 e. The maximum Gasteiger partial charge on any atom is 0.239 e. The Kier molecular flexibility index (Phi) is 4.13. The number of hydrogen-bond acceptors (Lipinski definition) is 2. The van der Waals surface area contributed by atoms with Crippen LogP contribution in [0.15, 0.2) is 24.3 Å². The lowest BCUT2D eigenvalue weighted by Gasteiger charge is -2.23. The Balaban J connectivity index is 1.89. The molecule has 0 atom stereocenters. The lowest BCUT2D eigenvalue weighted by atomic mass is 9.86. The number of carbonyl (C=O) groups excluding carboxylic acids is 1. The molecule has 0 aliphatic heterocycles. The van der Waals surface area contributed by atoms with Crippen molar-refractivity contribution < 1.29 is 4.79 Å². The van der Waals surface area contributed by atoms with Gasteiger partial charge in [-0.15, -0.1) is 0 Å². The van der Waals surface area contributed by atoms with E-state index >= 15 is 0 Å². The summed E-state index contributed by atoms with van der Waals surface area (Å²) in [4.78, 5) is 11.7. The largest absolute Gasteiger partial charge is 0.376 e. The number of rotatable bonds is 5. The molecular formula is C16H24N2O. The quantitative estimate of drug-likeness (QED) is 0.854. The first-order valence-corrected chi connectivity index (χ1v) is 7.07. The normalized spacial score (nSPS) is 15.1. The molecule has 1 saturated carbocycles. The van der Waals surface area contributed by atoms with Crippen LogP contribution in [0.25, 0.3) is 0 Å². The van der Waals surface area contributed by atoms with E-state index in [1.165, 1.54) is 18.4 Å². The minimum absolute atomic E-state index is 0.0775. The molecule has 0 bridgehead atoms. The smallest absolute Gasteiger partial charge is 0.239 e. The fraction of sp³-hybridized carbons (Fsp3) is 0.562. The molecule has 0 heterocycles. The molecule has 1 aliphatic rings. The number of anilines is 1. The average molecular weight is 260 g/mol. The molecule has 1 aromatic carbocycles. The van der Waals surface area contributed by atoms with E-state index in [0.29, 0.717) is 6.54 Å². The van der Waals surface area contributed by atoms with Gasteiger partial charge in [-0.2, -0.15) is 0 Å². The van der Waals surface area contributed by atoms with Crippen LogP contribution in [0.1, 0.15) is 39.2 Å². The van der Waals surface area contributed by atoms with Crippen molar-refractivity contribution in [2.75, 3.05) is 18.4 Å². The van der Waals surface area contributed by atoms with Gasteiger partial charge in [0.2, 0.25) is 5.91 Å². The molecule has 0 saturated heterocycles. The summed E-state index contributed by atoms with van der Waals surface area (Å²) in [6.45, 7) is 7.73. The molecule has 2 N–H and O–H groups in total. The standard InChI is InChI=1S/C16H24N2O/c1-16(2,3)13-6-4-5-7-14(13)17-11-15(19)18-10-12-8-9-12/h4-7,12,17H,8-11H2,1-3H3,(H,18,19). The summed E-state index contributed by atoms with van der Waals surface area (Å²) in [6, 6.07) is 8.19. The van der Waals surface area contributed by atoms with Gasteiger partial charge in [0.05, 0.1) is 6.54 Å². The van der Waals surface area contributed by atoms with Crippen LogP contribution < -0.4 is 10.6 Å². The van der Waals surface area contributed by atoms with Gasteiger partial charge in [0, 0.05) is 12.2 Å². The lowest BCUT2D eigenvalue weighted by molar-refractivity contribution is -0.119. The third-order valence-corrected chi connectivity index (χ3v) is 3.46. The van der Waals surface area contributed by atoms with Crippen molar-refractivity contribution in [2.24, 2.45) is 5.92 Å². The SMILES string of the molecule is CC(C)(C)c1ccccc1NCC(=O)NCC1CC1. The van der Waals surface area contributed by atoms with Crippen molar-refractivity contribution in [1.29, 1.82) is 0 Å². The van der Waals surface area contributed by atoms with Crippen LogP contribution in [0.3, 0.4) is 0 Å². The summed E-state index contributed by atoms with van der Waals surface area (Å²) in [5.41, 5.74) is 2.37. The van der Waals surface area contributed by atoms with Crippen molar-refractivity contribution in [3.8, 4) is 0 Å². The number of hydrogen-bond donors (Lipinski definition) is 2. The third-order valence-electron chi connectivity index (χ3n) is 3.46. The van der Waals surface area contributed by atoms with Crippen LogP contribution in [-0.4, -0.2) is 19.0 Å².